The van der Waals surface area contributed by atoms with Crippen molar-refractivity contribution in [2.24, 2.45) is 17.8 Å². The van der Waals surface area contributed by atoms with Gasteiger partial charge in [-0.25, -0.2) is 14.3 Å². The first-order valence-corrected chi connectivity index (χ1v) is 26.2. The van der Waals surface area contributed by atoms with Gasteiger partial charge in [0.2, 0.25) is 11.8 Å². The summed E-state index contributed by atoms with van der Waals surface area (Å²) >= 11 is 1.04. The van der Waals surface area contributed by atoms with Crippen molar-refractivity contribution in [2.45, 2.75) is 136 Å². The number of thiazole rings is 1. The number of carboxylic acid groups (broad SMARTS) is 1. The second-order valence-corrected chi connectivity index (χ2v) is 20.7. The summed E-state index contributed by atoms with van der Waals surface area (Å²) in [5, 5.41) is 31.0. The summed E-state index contributed by atoms with van der Waals surface area (Å²) in [6, 6.07) is 1.43. The largest absolute Gasteiger partial charge is 0.529 e. The first-order valence-electron chi connectivity index (χ1n) is 23.8. The second-order valence-electron chi connectivity index (χ2n) is 18.6. The van der Waals surface area contributed by atoms with Crippen molar-refractivity contribution in [3.05, 3.63) is 52.0 Å². The Kier molecular flexibility index (Phi) is 21.9. The maximum Gasteiger partial charge on any atom is 0.529 e. The smallest absolute Gasteiger partial charge is 0.481 e. The third-order valence-corrected chi connectivity index (χ3v) is 14.0. The van der Waals surface area contributed by atoms with Crippen LogP contribution in [0.3, 0.4) is 0 Å². The summed E-state index contributed by atoms with van der Waals surface area (Å²) in [7, 11) is -1.78. The Morgan fingerprint density at radius 2 is 1.69 bits per heavy atom. The number of aliphatic hydroxyl groups excluding tert-OH is 1. The number of nitrogens with one attached hydrogen (secondary N) is 3. The molecule has 0 radical (unpaired) electrons. The lowest BCUT2D eigenvalue weighted by Gasteiger charge is -2.38. The number of piperidine rings is 1. The van der Waals surface area contributed by atoms with E-state index in [9.17, 15) is 53.1 Å². The van der Waals surface area contributed by atoms with E-state index < -0.39 is 80.0 Å². The van der Waals surface area contributed by atoms with Gasteiger partial charge in [-0.2, -0.15) is 0 Å². The average molecular weight is 1050 g/mol. The van der Waals surface area contributed by atoms with Crippen molar-refractivity contribution in [3.63, 3.8) is 0 Å². The van der Waals surface area contributed by atoms with E-state index in [1.807, 2.05) is 39.6 Å². The van der Waals surface area contributed by atoms with Crippen molar-refractivity contribution in [1.29, 1.82) is 0 Å². The molecule has 5 amide bonds. The number of nitrogens with zero attached hydrogens (tertiary/aromatic N) is 4. The fourth-order valence-electron chi connectivity index (χ4n) is 8.48. The highest BCUT2D eigenvalue weighted by molar-refractivity contribution is 7.46. The zero-order valence-electron chi connectivity index (χ0n) is 41.8. The van der Waals surface area contributed by atoms with Crippen LogP contribution in [-0.2, 0) is 49.0 Å². The molecule has 2 aromatic rings. The van der Waals surface area contributed by atoms with E-state index in [0.29, 0.717) is 18.4 Å². The molecule has 2 aliphatic heterocycles. The van der Waals surface area contributed by atoms with Gasteiger partial charge in [0.15, 0.2) is 11.9 Å². The molecule has 0 bridgehead atoms. The molecule has 1 fully saturated rings. The molecule has 0 saturated carbocycles. The van der Waals surface area contributed by atoms with Crippen LogP contribution in [0, 0.1) is 17.8 Å². The van der Waals surface area contributed by atoms with E-state index in [0.717, 1.165) is 47.8 Å². The highest BCUT2D eigenvalue weighted by Crippen LogP contribution is 2.38. The van der Waals surface area contributed by atoms with Crippen molar-refractivity contribution < 1.29 is 76.9 Å². The highest BCUT2D eigenvalue weighted by atomic mass is 32.1. The molecule has 8 atom stereocenters. The first kappa shape index (κ1) is 58.8. The van der Waals surface area contributed by atoms with Gasteiger partial charge >= 0.3 is 25.9 Å². The molecule has 25 heteroatoms. The van der Waals surface area contributed by atoms with E-state index >= 15 is 0 Å². The third kappa shape index (κ3) is 17.5. The third-order valence-electron chi connectivity index (χ3n) is 12.6. The summed E-state index contributed by atoms with van der Waals surface area (Å²) in [4.78, 5) is 130. The van der Waals surface area contributed by atoms with Crippen molar-refractivity contribution >= 4 is 72.5 Å². The van der Waals surface area contributed by atoms with Crippen LogP contribution in [0.1, 0.15) is 120 Å². The number of phosphoric acid groups is 1. The van der Waals surface area contributed by atoms with Crippen LogP contribution in [0.5, 0.6) is 5.75 Å². The minimum atomic E-state index is -5.32. The molecule has 4 rings (SSSR count). The number of phosphoric ester groups is 1. The van der Waals surface area contributed by atoms with E-state index in [2.05, 4.69) is 25.5 Å². The predicted molar refractivity (Wildman–Crippen MR) is 261 cm³/mol. The molecule has 3 unspecified atom stereocenters. The highest BCUT2D eigenvalue weighted by Gasteiger charge is 2.38. The number of ether oxygens (including phenoxy) is 2. The van der Waals surface area contributed by atoms with Crippen molar-refractivity contribution in [2.75, 3.05) is 32.5 Å². The predicted octanol–water partition coefficient (Wildman–Crippen LogP) is 4.13. The van der Waals surface area contributed by atoms with Gasteiger partial charge < -0.3 is 45.1 Å². The van der Waals surface area contributed by atoms with E-state index in [1.54, 1.807) is 11.9 Å². The number of rotatable bonds is 26. The zero-order valence-corrected chi connectivity index (χ0v) is 43.5. The average Bonchev–Trinajstić information content (AvgIpc) is 3.92. The maximum atomic E-state index is 14.3. The van der Waals surface area contributed by atoms with E-state index in [1.165, 1.54) is 37.4 Å². The normalized spacial score (nSPS) is 18.1. The molecule has 398 valence electrons. The van der Waals surface area contributed by atoms with Crippen LogP contribution in [0.25, 0.3) is 0 Å². The minimum Gasteiger partial charge on any atom is -0.481 e. The Labute approximate surface area is 422 Å². The zero-order chi connectivity index (χ0) is 53.6. The van der Waals surface area contributed by atoms with Gasteiger partial charge in [0, 0.05) is 56.6 Å². The van der Waals surface area contributed by atoms with Crippen molar-refractivity contribution in [3.8, 4) is 5.75 Å². The summed E-state index contributed by atoms with van der Waals surface area (Å²) in [6.07, 6.45) is 1.31. The topological polar surface area (TPSA) is 321 Å². The summed E-state index contributed by atoms with van der Waals surface area (Å²) < 4.78 is 26.1. The number of amides is 5. The molecule has 23 nitrogen and oxygen atoms in total. The van der Waals surface area contributed by atoms with Crippen LogP contribution in [-0.4, -0.2) is 145 Å². The number of anilines is 1. The van der Waals surface area contributed by atoms with Crippen LogP contribution in [0.4, 0.5) is 10.5 Å². The number of benzene rings is 1. The molecule has 0 aliphatic carbocycles. The number of hydrogen-bond acceptors (Lipinski definition) is 17. The molecule has 1 saturated heterocycles. The second kappa shape index (κ2) is 26.8. The SMILES string of the molecule is CC[C@H](C)C(NC(=O)[C@H]1CCCCN1C)C(=O)N(C)[C@H](C[C@@H](OC(C)=O)c1nc(C(=O)N[C@@H](Cc2ccc(OC(=O)OP(=O)(O)O)c(NC(O)CCCN3C(=O)C=CC3=O)c2)CC(C)C(=O)O)cs1)C(C)C. The summed E-state index contributed by atoms with van der Waals surface area (Å²) in [5.74, 6) is -5.72. The molecule has 72 heavy (non-hydrogen) atoms. The summed E-state index contributed by atoms with van der Waals surface area (Å²) in [5.41, 5.74) is 0.226. The van der Waals surface area contributed by atoms with Crippen LogP contribution in [0.15, 0.2) is 35.7 Å². The maximum absolute atomic E-state index is 14.3. The number of likely N-dealkylation sites (N-methyl/N-ethyl adjacent to an activating group) is 2. The Morgan fingerprint density at radius 3 is 2.29 bits per heavy atom. The number of esters is 1. The van der Waals surface area contributed by atoms with Crippen molar-refractivity contribution in [1.82, 2.24) is 30.3 Å². The van der Waals surface area contributed by atoms with E-state index in [-0.39, 0.29) is 90.5 Å². The van der Waals surface area contributed by atoms with E-state index in [4.69, 9.17) is 19.3 Å². The number of hydrogen-bond donors (Lipinski definition) is 7. The standard InChI is InChI=1S/C47H68N7O16PS/c1-9-27(4)41(51-43(60)34-13-10-11-19-52(34)7)45(61)53(8)35(26(2)3)24-37(68-29(6)55)44-50-33(25-72-44)42(59)48-31(21-28(5)46(62)63)22-30-15-16-36(69-47(64)70-71(65,66)67)32(23-30)49-38(56)14-12-20-54-39(57)17-18-40(54)58/h15-18,23,25-28,31,34-35,37-38,41,49,56H,9-14,19-22,24H2,1-8H3,(H,48,59)(H,51,60)(H,62,63)(H2,65,66,67)/t27-,28?,31+,34+,35+,37+,38?,41?/m0/s1. The molecule has 0 spiro atoms. The Morgan fingerprint density at radius 1 is 1.01 bits per heavy atom. The number of aliphatic carboxylic acids is 1. The van der Waals surface area contributed by atoms with Gasteiger partial charge in [-0.05, 0) is 81.6 Å². The first-order chi connectivity index (χ1) is 33.8. The van der Waals surface area contributed by atoms with Gasteiger partial charge in [0.1, 0.15) is 23.0 Å². The molecule has 1 aromatic heterocycles. The number of aliphatic hydroxyl groups is 1. The Hall–Kier alpha value is -5.78. The van der Waals surface area contributed by atoms with Gasteiger partial charge in [0.25, 0.3) is 17.7 Å². The van der Waals surface area contributed by atoms with Crippen LogP contribution >= 0.6 is 19.2 Å². The summed E-state index contributed by atoms with van der Waals surface area (Å²) in [6.45, 7) is 11.1. The number of aromatic nitrogens is 1. The van der Waals surface area contributed by atoms with Gasteiger partial charge in [-0.15, -0.1) is 11.3 Å². The Balaban J connectivity index is 1.56. The van der Waals surface area contributed by atoms with Crippen LogP contribution in [0.2, 0.25) is 0 Å². The molecular formula is C47H68N7O16PS. The molecule has 7 N–H and O–H groups in total. The number of carboxylic acids is 1. The lowest BCUT2D eigenvalue weighted by atomic mass is 9.92. The number of carbonyl (C=O) groups excluding carboxylic acids is 7. The minimum absolute atomic E-state index is 0.0220. The quantitative estimate of drug-likeness (QED) is 0.0229. The molecule has 3 heterocycles. The number of imide groups is 1. The molecule has 1 aromatic carbocycles. The molecule has 2 aliphatic rings. The lowest BCUT2D eigenvalue weighted by molar-refractivity contribution is -0.149. The molecular weight excluding hydrogens is 982 g/mol. The van der Waals surface area contributed by atoms with Gasteiger partial charge in [0.05, 0.1) is 17.6 Å². The fourth-order valence-corrected chi connectivity index (χ4v) is 9.55. The monoisotopic (exact) mass is 1050 g/mol. The lowest BCUT2D eigenvalue weighted by Crippen LogP contribution is -2.58. The van der Waals surface area contributed by atoms with Crippen LogP contribution < -0.4 is 20.7 Å². The fraction of sp³-hybridized carbons (Fsp3) is 0.596. The number of carbonyl (C=O) groups is 8. The Bertz CT molecular complexity index is 2340. The van der Waals surface area contributed by atoms with Gasteiger partial charge in [-0.3, -0.25) is 53.1 Å². The van der Waals surface area contributed by atoms with Gasteiger partial charge in [-0.1, -0.05) is 53.5 Å². The number of likely N-dealkylation sites (tertiary alicyclic amines) is 1.